The first-order chi connectivity index (χ1) is 35.5. The van der Waals surface area contributed by atoms with Crippen LogP contribution in [0.1, 0.15) is 117 Å². The van der Waals surface area contributed by atoms with Crippen molar-refractivity contribution in [1.29, 1.82) is 0 Å². The average Bonchev–Trinajstić information content (AvgIpc) is 3.43. The van der Waals surface area contributed by atoms with Gasteiger partial charge in [-0.15, -0.1) is 0 Å². The van der Waals surface area contributed by atoms with Crippen LogP contribution in [0.2, 0.25) is 0 Å². The monoisotopic (exact) mass is 963 g/mol. The SMILES string of the molecule is CCCCCCCCCCCCOc1ccc(-c2nc(-c3ccccc3)nc(-c3ccccc3)n2)c(O)c1.CCCCCCCCOc1ccc(-c2nc(-c3ccccc3)nc(-c3ccccc3)n2)c(O)c1. The van der Waals surface area contributed by atoms with Crippen LogP contribution in [0.5, 0.6) is 23.0 Å². The fourth-order valence-electron chi connectivity index (χ4n) is 8.29. The molecule has 2 aromatic heterocycles. The van der Waals surface area contributed by atoms with E-state index in [1.807, 2.05) is 146 Å². The first-order valence-corrected chi connectivity index (χ1v) is 26.1. The van der Waals surface area contributed by atoms with Gasteiger partial charge in [0.25, 0.3) is 0 Å². The molecule has 0 unspecified atom stereocenters. The number of nitrogens with zero attached hydrogens (tertiary/aromatic N) is 6. The van der Waals surface area contributed by atoms with Crippen molar-refractivity contribution in [3.63, 3.8) is 0 Å². The molecule has 0 spiro atoms. The molecule has 372 valence electrons. The number of benzene rings is 6. The molecule has 6 aromatic carbocycles. The Hall–Kier alpha value is -7.46. The molecular formula is C62H70N6O4. The second kappa shape index (κ2) is 29.0. The molecule has 2 heterocycles. The van der Waals surface area contributed by atoms with Crippen molar-refractivity contribution in [2.45, 2.75) is 117 Å². The minimum Gasteiger partial charge on any atom is -0.507 e. The number of rotatable bonds is 26. The van der Waals surface area contributed by atoms with Crippen LogP contribution in [0.3, 0.4) is 0 Å². The molecule has 0 fully saturated rings. The Labute approximate surface area is 426 Å². The van der Waals surface area contributed by atoms with Crippen LogP contribution < -0.4 is 9.47 Å². The van der Waals surface area contributed by atoms with Gasteiger partial charge in [0.15, 0.2) is 34.9 Å². The zero-order chi connectivity index (χ0) is 50.0. The summed E-state index contributed by atoms with van der Waals surface area (Å²) in [6.45, 7) is 5.78. The molecule has 0 aliphatic rings. The standard InChI is InChI=1S/C33H39N3O2.C29H31N3O2/c1-2-3-4-5-6-7-8-9-10-17-24-38-28-22-23-29(30(37)25-28)33-35-31(26-18-13-11-14-19-26)34-32(36-33)27-20-15-12-16-21-27;1-2-3-4-5-6-13-20-34-24-18-19-25(26(33)21-24)29-31-27(22-14-9-7-10-15-22)30-28(32-29)23-16-11-8-12-17-23/h11-16,18-23,25,37H,2-10,17,24H2,1H3;7-12,14-19,21,33H,2-6,13,20H2,1H3. The lowest BCUT2D eigenvalue weighted by atomic mass is 10.1. The molecular weight excluding hydrogens is 893 g/mol. The minimum absolute atomic E-state index is 0.0877. The Balaban J connectivity index is 0.000000213. The van der Waals surface area contributed by atoms with Crippen LogP contribution in [0.4, 0.5) is 0 Å². The van der Waals surface area contributed by atoms with E-state index in [9.17, 15) is 10.2 Å². The van der Waals surface area contributed by atoms with Crippen LogP contribution in [-0.4, -0.2) is 53.3 Å². The quantitative estimate of drug-likeness (QED) is 0.0505. The number of hydrogen-bond donors (Lipinski definition) is 2. The summed E-state index contributed by atoms with van der Waals surface area (Å²) in [6.07, 6.45) is 20.2. The summed E-state index contributed by atoms with van der Waals surface area (Å²) in [5, 5.41) is 21.7. The highest BCUT2D eigenvalue weighted by Crippen LogP contribution is 2.35. The zero-order valence-electron chi connectivity index (χ0n) is 42.1. The third-order valence-electron chi connectivity index (χ3n) is 12.4. The van der Waals surface area contributed by atoms with Crippen LogP contribution in [0.25, 0.3) is 68.3 Å². The van der Waals surface area contributed by atoms with Gasteiger partial charge in [-0.05, 0) is 37.1 Å². The number of aromatic hydroxyl groups is 2. The van der Waals surface area contributed by atoms with Gasteiger partial charge in [-0.1, -0.05) is 225 Å². The zero-order valence-corrected chi connectivity index (χ0v) is 42.1. The maximum Gasteiger partial charge on any atom is 0.167 e. The highest BCUT2D eigenvalue weighted by molar-refractivity contribution is 5.72. The summed E-state index contributed by atoms with van der Waals surface area (Å²) in [6, 6.07) is 49.9. The van der Waals surface area contributed by atoms with Crippen molar-refractivity contribution in [2.24, 2.45) is 0 Å². The third-order valence-corrected chi connectivity index (χ3v) is 12.4. The van der Waals surface area contributed by atoms with Gasteiger partial charge in [0.1, 0.15) is 23.0 Å². The molecule has 0 radical (unpaired) electrons. The molecule has 0 saturated heterocycles. The summed E-state index contributed by atoms with van der Waals surface area (Å²) < 4.78 is 11.8. The Bertz CT molecular complexity index is 2700. The van der Waals surface area contributed by atoms with Crippen molar-refractivity contribution in [1.82, 2.24) is 29.9 Å². The Kier molecular flexibility index (Phi) is 21.1. The molecule has 2 N–H and O–H groups in total. The molecule has 0 bridgehead atoms. The number of ether oxygens (including phenoxy) is 2. The molecule has 72 heavy (non-hydrogen) atoms. The average molecular weight is 963 g/mol. The molecule has 10 nitrogen and oxygen atoms in total. The second-order valence-corrected chi connectivity index (χ2v) is 18.1. The molecule has 0 atom stereocenters. The minimum atomic E-state index is 0.0877. The van der Waals surface area contributed by atoms with E-state index < -0.39 is 0 Å². The van der Waals surface area contributed by atoms with E-state index in [0.717, 1.165) is 35.1 Å². The highest BCUT2D eigenvalue weighted by atomic mass is 16.5. The van der Waals surface area contributed by atoms with Gasteiger partial charge >= 0.3 is 0 Å². The lowest BCUT2D eigenvalue weighted by molar-refractivity contribution is 0.302. The van der Waals surface area contributed by atoms with Gasteiger partial charge < -0.3 is 19.7 Å². The normalized spacial score (nSPS) is 10.9. The summed E-state index contributed by atoms with van der Waals surface area (Å²) in [4.78, 5) is 28.2. The first-order valence-electron chi connectivity index (χ1n) is 26.1. The molecule has 0 aliphatic carbocycles. The third kappa shape index (κ3) is 16.3. The summed E-state index contributed by atoms with van der Waals surface area (Å²) in [7, 11) is 0. The van der Waals surface area contributed by atoms with Crippen molar-refractivity contribution in [3.8, 4) is 91.3 Å². The van der Waals surface area contributed by atoms with E-state index in [2.05, 4.69) is 23.8 Å². The highest BCUT2D eigenvalue weighted by Gasteiger charge is 2.17. The molecule has 10 heteroatoms. The van der Waals surface area contributed by atoms with Crippen molar-refractivity contribution >= 4 is 0 Å². The molecule has 0 aliphatic heterocycles. The lowest BCUT2D eigenvalue weighted by Crippen LogP contribution is -2.01. The largest absolute Gasteiger partial charge is 0.507 e. The number of phenols is 2. The van der Waals surface area contributed by atoms with E-state index in [-0.39, 0.29) is 11.5 Å². The van der Waals surface area contributed by atoms with Gasteiger partial charge in [0, 0.05) is 34.4 Å². The van der Waals surface area contributed by atoms with Crippen LogP contribution in [0, 0.1) is 0 Å². The van der Waals surface area contributed by atoms with Crippen LogP contribution in [-0.2, 0) is 0 Å². The van der Waals surface area contributed by atoms with Crippen LogP contribution >= 0.6 is 0 Å². The van der Waals surface area contributed by atoms with Gasteiger partial charge in [0.2, 0.25) is 0 Å². The van der Waals surface area contributed by atoms with Gasteiger partial charge in [-0.2, -0.15) is 0 Å². The van der Waals surface area contributed by atoms with Crippen molar-refractivity contribution in [2.75, 3.05) is 13.2 Å². The molecule has 0 saturated carbocycles. The smallest absolute Gasteiger partial charge is 0.167 e. The Morgan fingerprint density at radius 1 is 0.306 bits per heavy atom. The number of unbranched alkanes of at least 4 members (excludes halogenated alkanes) is 14. The Morgan fingerprint density at radius 2 is 0.569 bits per heavy atom. The van der Waals surface area contributed by atoms with E-state index in [0.29, 0.717) is 70.8 Å². The summed E-state index contributed by atoms with van der Waals surface area (Å²) in [5.74, 6) is 4.59. The predicted octanol–water partition coefficient (Wildman–Crippen LogP) is 16.2. The topological polar surface area (TPSA) is 136 Å². The molecule has 8 aromatic rings. The number of phenolic OH excluding ortho intramolecular Hbond substituents is 2. The first kappa shape index (κ1) is 52.4. The van der Waals surface area contributed by atoms with E-state index >= 15 is 0 Å². The fourth-order valence-corrected chi connectivity index (χ4v) is 8.29. The summed E-state index contributed by atoms with van der Waals surface area (Å²) >= 11 is 0. The van der Waals surface area contributed by atoms with Gasteiger partial charge in [-0.25, -0.2) is 29.9 Å². The van der Waals surface area contributed by atoms with Crippen molar-refractivity contribution < 1.29 is 19.7 Å². The Morgan fingerprint density at radius 3 is 0.847 bits per heavy atom. The van der Waals surface area contributed by atoms with E-state index in [4.69, 9.17) is 29.4 Å². The maximum atomic E-state index is 10.9. The maximum absolute atomic E-state index is 10.9. The molecule has 8 rings (SSSR count). The lowest BCUT2D eigenvalue weighted by Gasteiger charge is -2.11. The fraction of sp³-hybridized carbons (Fsp3) is 0.323. The van der Waals surface area contributed by atoms with E-state index in [1.54, 1.807) is 12.1 Å². The second-order valence-electron chi connectivity index (χ2n) is 18.1. The molecule has 0 amide bonds. The predicted molar refractivity (Wildman–Crippen MR) is 292 cm³/mol. The van der Waals surface area contributed by atoms with E-state index in [1.165, 1.54) is 89.9 Å². The summed E-state index contributed by atoms with van der Waals surface area (Å²) in [5.41, 5.74) is 4.66. The van der Waals surface area contributed by atoms with Crippen molar-refractivity contribution in [3.05, 3.63) is 158 Å². The number of aromatic nitrogens is 6. The van der Waals surface area contributed by atoms with Gasteiger partial charge in [-0.3, -0.25) is 0 Å². The van der Waals surface area contributed by atoms with Crippen LogP contribution in [0.15, 0.2) is 158 Å². The van der Waals surface area contributed by atoms with Gasteiger partial charge in [0.05, 0.1) is 24.3 Å². The number of hydrogen-bond acceptors (Lipinski definition) is 10.